The van der Waals surface area contributed by atoms with Crippen LogP contribution in [-0.4, -0.2) is 23.9 Å². The predicted molar refractivity (Wildman–Crippen MR) is 75.2 cm³/mol. The van der Waals surface area contributed by atoms with Crippen molar-refractivity contribution in [2.75, 3.05) is 13.1 Å². The molecule has 1 aromatic carbocycles. The maximum Gasteiger partial charge on any atom is 0.164 e. The monoisotopic (exact) mass is 268 g/mol. The lowest BCUT2D eigenvalue weighted by Crippen LogP contribution is -2.20. The Kier molecular flexibility index (Phi) is 4.64. The molecular weight excluding hydrogens is 253 g/mol. The van der Waals surface area contributed by atoms with Crippen LogP contribution in [-0.2, 0) is 0 Å². The van der Waals surface area contributed by atoms with Gasteiger partial charge in [-0.2, -0.15) is 0 Å². The van der Waals surface area contributed by atoms with Gasteiger partial charge in [-0.05, 0) is 24.1 Å². The van der Waals surface area contributed by atoms with Gasteiger partial charge in [0.1, 0.15) is 13.1 Å². The maximum absolute atomic E-state index is 6.24. The van der Waals surface area contributed by atoms with Gasteiger partial charge in [0.15, 0.2) is 6.21 Å². The van der Waals surface area contributed by atoms with Crippen LogP contribution in [0.1, 0.15) is 24.8 Å². The first-order chi connectivity index (χ1) is 8.25. The molecule has 1 heterocycles. The van der Waals surface area contributed by atoms with E-state index in [1.54, 1.807) is 0 Å². The Hall–Kier alpha value is -0.790. The summed E-state index contributed by atoms with van der Waals surface area (Å²) < 4.78 is 2.32. The molecule has 1 aliphatic rings. The van der Waals surface area contributed by atoms with Crippen molar-refractivity contribution in [1.29, 1.82) is 0 Å². The third-order valence-corrected chi connectivity index (χ3v) is 3.54. The zero-order chi connectivity index (χ0) is 12.1. The number of piperidine rings is 1. The first-order valence-corrected chi connectivity index (χ1v) is 6.72. The fraction of sp³-hybridized carbons (Fsp3) is 0.357. The molecule has 1 nitrogen and oxygen atoms in total. The molecule has 0 bridgehead atoms. The summed E-state index contributed by atoms with van der Waals surface area (Å²) in [5.41, 5.74) is 1.00. The van der Waals surface area contributed by atoms with Crippen LogP contribution in [0.25, 0.3) is 5.03 Å². The summed E-state index contributed by atoms with van der Waals surface area (Å²) in [4.78, 5) is 0. The number of hydrogen-bond donors (Lipinski definition) is 0. The predicted octanol–water partition coefficient (Wildman–Crippen LogP) is 4.19. The third kappa shape index (κ3) is 3.86. The fourth-order valence-corrected chi connectivity index (χ4v) is 2.25. The Balaban J connectivity index is 2.08. The zero-order valence-corrected chi connectivity index (χ0v) is 11.2. The molecule has 0 spiro atoms. The van der Waals surface area contributed by atoms with Crippen molar-refractivity contribution in [2.24, 2.45) is 0 Å². The quantitative estimate of drug-likeness (QED) is 0.708. The molecule has 0 saturated carbocycles. The van der Waals surface area contributed by atoms with Crippen molar-refractivity contribution in [2.45, 2.75) is 19.3 Å². The molecule has 0 unspecified atom stereocenters. The summed E-state index contributed by atoms with van der Waals surface area (Å²) in [6.45, 7) is 2.28. The second-order valence-corrected chi connectivity index (χ2v) is 5.11. The van der Waals surface area contributed by atoms with Crippen LogP contribution in [0.2, 0.25) is 5.02 Å². The Bertz CT molecular complexity index is 424. The molecule has 2 rings (SSSR count). The van der Waals surface area contributed by atoms with Gasteiger partial charge in [-0.3, -0.25) is 0 Å². The van der Waals surface area contributed by atoms with Gasteiger partial charge in [-0.15, -0.1) is 0 Å². The second kappa shape index (κ2) is 6.23. The first-order valence-electron chi connectivity index (χ1n) is 5.96. The smallest absolute Gasteiger partial charge is 0.164 e. The summed E-state index contributed by atoms with van der Waals surface area (Å²) in [5.74, 6) is 0. The lowest BCUT2D eigenvalue weighted by atomic mass is 10.1. The minimum absolute atomic E-state index is 0.734. The summed E-state index contributed by atoms with van der Waals surface area (Å²) >= 11 is 12.1. The van der Waals surface area contributed by atoms with Crippen molar-refractivity contribution in [1.82, 2.24) is 0 Å². The van der Waals surface area contributed by atoms with E-state index in [9.17, 15) is 0 Å². The number of allylic oxidation sites excluding steroid dienone is 1. The van der Waals surface area contributed by atoms with E-state index in [0.717, 1.165) is 28.7 Å². The van der Waals surface area contributed by atoms with E-state index in [4.69, 9.17) is 23.2 Å². The first kappa shape index (κ1) is 12.7. The average Bonchev–Trinajstić information content (AvgIpc) is 2.38. The molecule has 1 saturated heterocycles. The molecule has 1 aromatic rings. The Morgan fingerprint density at radius 3 is 2.35 bits per heavy atom. The summed E-state index contributed by atoms with van der Waals surface area (Å²) in [5, 5.41) is 1.49. The standard InChI is InChI=1S/C14H16Cl2N/c15-13-6-4-12(5-7-13)14(16)8-11-17-9-2-1-3-10-17/h4-8,11H,1-3,9-10H2/q+1. The fourth-order valence-electron chi connectivity index (χ4n) is 1.94. The van der Waals surface area contributed by atoms with Gasteiger partial charge >= 0.3 is 0 Å². The Morgan fingerprint density at radius 2 is 1.71 bits per heavy atom. The number of nitrogens with zero attached hydrogens (tertiary/aromatic N) is 1. The van der Waals surface area contributed by atoms with Gasteiger partial charge in [0.05, 0.1) is 5.03 Å². The van der Waals surface area contributed by atoms with Crippen molar-refractivity contribution in [3.8, 4) is 0 Å². The lowest BCUT2D eigenvalue weighted by Gasteiger charge is -2.08. The second-order valence-electron chi connectivity index (χ2n) is 4.27. The highest BCUT2D eigenvalue weighted by molar-refractivity contribution is 6.49. The SMILES string of the molecule is ClC(=CC=[N+]1CCCCC1)c1ccc(Cl)cc1. The Labute approximate surface area is 112 Å². The number of hydrogen-bond acceptors (Lipinski definition) is 0. The molecule has 1 fully saturated rings. The molecule has 0 aliphatic carbocycles. The molecular formula is C14H16Cl2N+. The molecule has 0 aromatic heterocycles. The van der Waals surface area contributed by atoms with Gasteiger partial charge in [-0.1, -0.05) is 35.3 Å². The van der Waals surface area contributed by atoms with E-state index in [2.05, 4.69) is 10.8 Å². The highest BCUT2D eigenvalue weighted by atomic mass is 35.5. The molecule has 90 valence electrons. The van der Waals surface area contributed by atoms with Crippen molar-refractivity contribution >= 4 is 34.4 Å². The highest BCUT2D eigenvalue weighted by Crippen LogP contribution is 2.20. The summed E-state index contributed by atoms with van der Waals surface area (Å²) in [6.07, 6.45) is 7.97. The molecule has 0 N–H and O–H groups in total. The van der Waals surface area contributed by atoms with Crippen molar-refractivity contribution < 1.29 is 4.58 Å². The van der Waals surface area contributed by atoms with E-state index in [1.807, 2.05) is 30.3 Å². The van der Waals surface area contributed by atoms with Crippen LogP contribution in [0, 0.1) is 0 Å². The molecule has 0 radical (unpaired) electrons. The van der Waals surface area contributed by atoms with Crippen molar-refractivity contribution in [3.05, 3.63) is 40.9 Å². The average molecular weight is 269 g/mol. The highest BCUT2D eigenvalue weighted by Gasteiger charge is 2.09. The maximum atomic E-state index is 6.24. The molecule has 1 aliphatic heterocycles. The van der Waals surface area contributed by atoms with Crippen LogP contribution in [0.3, 0.4) is 0 Å². The number of rotatable bonds is 2. The third-order valence-electron chi connectivity index (χ3n) is 2.94. The van der Waals surface area contributed by atoms with Gasteiger partial charge in [-0.25, -0.2) is 4.58 Å². The Morgan fingerprint density at radius 1 is 1.06 bits per heavy atom. The minimum Gasteiger partial charge on any atom is -0.236 e. The van der Waals surface area contributed by atoms with Crippen LogP contribution in [0.5, 0.6) is 0 Å². The van der Waals surface area contributed by atoms with Gasteiger partial charge in [0.2, 0.25) is 0 Å². The van der Waals surface area contributed by atoms with Gasteiger partial charge in [0.25, 0.3) is 0 Å². The number of halogens is 2. The van der Waals surface area contributed by atoms with E-state index < -0.39 is 0 Å². The van der Waals surface area contributed by atoms with E-state index in [-0.39, 0.29) is 0 Å². The normalized spacial score (nSPS) is 17.1. The molecule has 0 amide bonds. The topological polar surface area (TPSA) is 3.01 Å². The van der Waals surface area contributed by atoms with Crippen LogP contribution in [0.4, 0.5) is 0 Å². The number of benzene rings is 1. The minimum atomic E-state index is 0.734. The van der Waals surface area contributed by atoms with Crippen LogP contribution in [0.15, 0.2) is 30.3 Å². The van der Waals surface area contributed by atoms with Crippen molar-refractivity contribution in [3.63, 3.8) is 0 Å². The summed E-state index contributed by atoms with van der Waals surface area (Å²) in [7, 11) is 0. The van der Waals surface area contributed by atoms with Crippen LogP contribution < -0.4 is 0 Å². The largest absolute Gasteiger partial charge is 0.236 e. The lowest BCUT2D eigenvalue weighted by molar-refractivity contribution is -0.532. The van der Waals surface area contributed by atoms with E-state index in [0.29, 0.717) is 0 Å². The molecule has 3 heteroatoms. The summed E-state index contributed by atoms with van der Waals surface area (Å²) in [6, 6.07) is 7.58. The van der Waals surface area contributed by atoms with Gasteiger partial charge < -0.3 is 0 Å². The van der Waals surface area contributed by atoms with Crippen LogP contribution >= 0.6 is 23.2 Å². The van der Waals surface area contributed by atoms with E-state index in [1.165, 1.54) is 19.3 Å². The van der Waals surface area contributed by atoms with Gasteiger partial charge in [0, 0.05) is 23.9 Å². The molecule has 0 atom stereocenters. The molecule has 17 heavy (non-hydrogen) atoms. The zero-order valence-electron chi connectivity index (χ0n) is 9.70. The van der Waals surface area contributed by atoms with E-state index >= 15 is 0 Å².